The Morgan fingerprint density at radius 2 is 1.77 bits per heavy atom. The Hall–Kier alpha value is -1.35. The molecule has 0 spiro atoms. The summed E-state index contributed by atoms with van der Waals surface area (Å²) in [6.07, 6.45) is 11.5. The van der Waals surface area contributed by atoms with E-state index in [-0.39, 0.29) is 29.9 Å². The molecule has 0 radical (unpaired) electrons. The Morgan fingerprint density at radius 3 is 2.48 bits per heavy atom. The van der Waals surface area contributed by atoms with Gasteiger partial charge >= 0.3 is 0 Å². The summed E-state index contributed by atoms with van der Waals surface area (Å²) in [4.78, 5) is 19.0. The summed E-state index contributed by atoms with van der Waals surface area (Å²) in [5, 5.41) is 6.66. The molecule has 1 aliphatic carbocycles. The number of carbonyl (C=O) groups is 1. The van der Waals surface area contributed by atoms with Crippen LogP contribution >= 0.6 is 24.0 Å². The number of halogens is 1. The van der Waals surface area contributed by atoms with E-state index in [9.17, 15) is 4.79 Å². The molecule has 174 valence electrons. The molecule has 7 heteroatoms. The molecule has 31 heavy (non-hydrogen) atoms. The maximum Gasteiger partial charge on any atom is 0.253 e. The van der Waals surface area contributed by atoms with Crippen molar-refractivity contribution < 1.29 is 9.53 Å². The van der Waals surface area contributed by atoms with E-state index in [1.165, 1.54) is 44.9 Å². The Kier molecular flexibility index (Phi) is 12.3. The fourth-order valence-electron chi connectivity index (χ4n) is 4.30. The highest BCUT2D eigenvalue weighted by Gasteiger charge is 2.18. The highest BCUT2D eigenvalue weighted by molar-refractivity contribution is 14.0. The molecule has 1 aromatic rings. The number of ether oxygens (including phenoxy) is 1. The quantitative estimate of drug-likeness (QED) is 0.177. The molecule has 3 rings (SSSR count). The maximum atomic E-state index is 12.7. The molecule has 6 nitrogen and oxygen atoms in total. The van der Waals surface area contributed by atoms with Crippen LogP contribution < -0.4 is 10.6 Å². The van der Waals surface area contributed by atoms with E-state index in [0.29, 0.717) is 19.3 Å². The zero-order valence-electron chi connectivity index (χ0n) is 18.9. The zero-order valence-corrected chi connectivity index (χ0v) is 21.2. The second-order valence-electron chi connectivity index (χ2n) is 8.39. The molecule has 0 aromatic heterocycles. The first kappa shape index (κ1) is 25.9. The summed E-state index contributed by atoms with van der Waals surface area (Å²) in [5.41, 5.74) is 1.85. The van der Waals surface area contributed by atoms with Gasteiger partial charge in [-0.1, -0.05) is 37.8 Å². The average molecular weight is 543 g/mol. The number of hydrogen-bond acceptors (Lipinski definition) is 3. The Morgan fingerprint density at radius 1 is 1.06 bits per heavy atom. The lowest BCUT2D eigenvalue weighted by Crippen LogP contribution is -2.39. The van der Waals surface area contributed by atoms with Crippen molar-refractivity contribution in [3.63, 3.8) is 0 Å². The molecule has 1 amide bonds. The largest absolute Gasteiger partial charge is 0.376 e. The maximum absolute atomic E-state index is 12.7. The van der Waals surface area contributed by atoms with Crippen LogP contribution in [0.2, 0.25) is 0 Å². The summed E-state index contributed by atoms with van der Waals surface area (Å²) in [6.45, 7) is 3.82. The fourth-order valence-corrected chi connectivity index (χ4v) is 4.30. The first-order valence-corrected chi connectivity index (χ1v) is 11.7. The van der Waals surface area contributed by atoms with Crippen LogP contribution in [0.5, 0.6) is 0 Å². The zero-order chi connectivity index (χ0) is 21.0. The van der Waals surface area contributed by atoms with Gasteiger partial charge in [0, 0.05) is 38.8 Å². The van der Waals surface area contributed by atoms with Gasteiger partial charge in [-0.05, 0) is 49.8 Å². The fraction of sp³-hybridized carbons (Fsp3) is 0.667. The molecule has 0 bridgehead atoms. The molecular weight excluding hydrogens is 503 g/mol. The van der Waals surface area contributed by atoms with Crippen LogP contribution in [0.4, 0.5) is 0 Å². The molecular formula is C24H39IN4O2. The van der Waals surface area contributed by atoms with Crippen LogP contribution in [0.25, 0.3) is 0 Å². The highest BCUT2D eigenvalue weighted by atomic mass is 127. The normalized spacial score (nSPS) is 18.1. The number of amides is 1. The van der Waals surface area contributed by atoms with Gasteiger partial charge in [-0.3, -0.25) is 9.79 Å². The van der Waals surface area contributed by atoms with Crippen molar-refractivity contribution in [1.82, 2.24) is 15.5 Å². The number of nitrogens with zero attached hydrogens (tertiary/aromatic N) is 2. The van der Waals surface area contributed by atoms with E-state index in [2.05, 4.69) is 15.6 Å². The van der Waals surface area contributed by atoms with Crippen molar-refractivity contribution in [2.45, 2.75) is 70.4 Å². The van der Waals surface area contributed by atoms with Crippen molar-refractivity contribution in [2.75, 3.05) is 33.3 Å². The lowest BCUT2D eigenvalue weighted by molar-refractivity contribution is 0.0468. The lowest BCUT2D eigenvalue weighted by Gasteiger charge is -2.26. The molecule has 1 saturated carbocycles. The minimum Gasteiger partial charge on any atom is -0.376 e. The van der Waals surface area contributed by atoms with Gasteiger partial charge in [-0.15, -0.1) is 24.0 Å². The molecule has 0 unspecified atom stereocenters. The Bertz CT molecular complexity index is 684. The van der Waals surface area contributed by atoms with Crippen LogP contribution in [0, 0.1) is 0 Å². The van der Waals surface area contributed by atoms with Gasteiger partial charge in [0.05, 0.1) is 12.7 Å². The molecule has 1 aliphatic heterocycles. The summed E-state index contributed by atoms with van der Waals surface area (Å²) >= 11 is 0. The van der Waals surface area contributed by atoms with Gasteiger partial charge < -0.3 is 20.3 Å². The molecule has 2 aliphatic rings. The minimum absolute atomic E-state index is 0. The first-order chi connectivity index (χ1) is 14.8. The van der Waals surface area contributed by atoms with Gasteiger partial charge in [0.2, 0.25) is 0 Å². The summed E-state index contributed by atoms with van der Waals surface area (Å²) in [7, 11) is 1.78. The van der Waals surface area contributed by atoms with Crippen LogP contribution in [-0.2, 0) is 11.3 Å². The third-order valence-electron chi connectivity index (χ3n) is 6.05. The van der Waals surface area contributed by atoms with Gasteiger partial charge in [-0.2, -0.15) is 0 Å². The molecule has 2 fully saturated rings. The third kappa shape index (κ3) is 8.96. The van der Waals surface area contributed by atoms with Crippen LogP contribution in [0.3, 0.4) is 0 Å². The van der Waals surface area contributed by atoms with E-state index in [0.717, 1.165) is 49.6 Å². The van der Waals surface area contributed by atoms with Crippen molar-refractivity contribution in [1.29, 1.82) is 0 Å². The van der Waals surface area contributed by atoms with E-state index in [1.54, 1.807) is 7.05 Å². The number of aliphatic imine (C=N–C) groups is 1. The SMILES string of the molecule is CN=C(NCCOC1CCCCCC1)NCc1cccc(C(=O)N2CCCCC2)c1.I. The van der Waals surface area contributed by atoms with E-state index in [1.807, 2.05) is 29.2 Å². The van der Waals surface area contributed by atoms with Crippen LogP contribution in [-0.4, -0.2) is 56.2 Å². The third-order valence-corrected chi connectivity index (χ3v) is 6.05. The average Bonchev–Trinajstić information content (AvgIpc) is 3.08. The van der Waals surface area contributed by atoms with Crippen LogP contribution in [0.1, 0.15) is 73.7 Å². The number of carbonyl (C=O) groups excluding carboxylic acids is 1. The molecule has 1 saturated heterocycles. The molecule has 2 N–H and O–H groups in total. The number of likely N-dealkylation sites (tertiary alicyclic amines) is 1. The van der Waals surface area contributed by atoms with Crippen molar-refractivity contribution >= 4 is 35.8 Å². The predicted molar refractivity (Wildman–Crippen MR) is 137 cm³/mol. The number of guanidine groups is 1. The molecule has 0 atom stereocenters. The van der Waals surface area contributed by atoms with Gasteiger partial charge in [-0.25, -0.2) is 0 Å². The predicted octanol–water partition coefficient (Wildman–Crippen LogP) is 4.34. The monoisotopic (exact) mass is 542 g/mol. The van der Waals surface area contributed by atoms with Crippen molar-refractivity contribution in [3.8, 4) is 0 Å². The number of piperidine rings is 1. The topological polar surface area (TPSA) is 66.0 Å². The highest BCUT2D eigenvalue weighted by Crippen LogP contribution is 2.19. The van der Waals surface area contributed by atoms with E-state index < -0.39 is 0 Å². The van der Waals surface area contributed by atoms with Crippen LogP contribution in [0.15, 0.2) is 29.3 Å². The standard InChI is InChI=1S/C24H38N4O2.HI/c1-25-24(26-14-17-30-22-12-5-2-3-6-13-22)27-19-20-10-9-11-21(18-20)23(29)28-15-7-4-8-16-28;/h9-11,18,22H,2-8,12-17,19H2,1H3,(H2,25,26,27);1H. The molecule has 1 aromatic carbocycles. The van der Waals surface area contributed by atoms with E-state index >= 15 is 0 Å². The van der Waals surface area contributed by atoms with Crippen molar-refractivity contribution in [3.05, 3.63) is 35.4 Å². The van der Waals surface area contributed by atoms with Crippen molar-refractivity contribution in [2.24, 2.45) is 4.99 Å². The second kappa shape index (κ2) is 14.7. The molecule has 1 heterocycles. The van der Waals surface area contributed by atoms with Gasteiger partial charge in [0.25, 0.3) is 5.91 Å². The van der Waals surface area contributed by atoms with Gasteiger partial charge in [0.1, 0.15) is 0 Å². The van der Waals surface area contributed by atoms with Gasteiger partial charge in [0.15, 0.2) is 5.96 Å². The minimum atomic E-state index is 0. The summed E-state index contributed by atoms with van der Waals surface area (Å²) in [6, 6.07) is 7.91. The number of hydrogen-bond donors (Lipinski definition) is 2. The number of benzene rings is 1. The summed E-state index contributed by atoms with van der Waals surface area (Å²) < 4.78 is 6.03. The second-order valence-corrected chi connectivity index (χ2v) is 8.39. The number of nitrogens with one attached hydrogen (secondary N) is 2. The lowest BCUT2D eigenvalue weighted by atomic mass is 10.1. The van der Waals surface area contributed by atoms with E-state index in [4.69, 9.17) is 4.74 Å². The smallest absolute Gasteiger partial charge is 0.253 e. The summed E-state index contributed by atoms with van der Waals surface area (Å²) in [5.74, 6) is 0.905. The Labute approximate surface area is 204 Å². The number of rotatable bonds is 7. The first-order valence-electron chi connectivity index (χ1n) is 11.7. The Balaban J connectivity index is 0.00000341.